The predicted molar refractivity (Wildman–Crippen MR) is 92.7 cm³/mol. The molecule has 2 aromatic rings. The molecule has 2 fully saturated rings. The van der Waals surface area contributed by atoms with Crippen LogP contribution >= 0.6 is 11.3 Å². The minimum atomic E-state index is 0.291. The van der Waals surface area contributed by atoms with Gasteiger partial charge in [-0.15, -0.1) is 11.3 Å². The molecule has 3 atom stereocenters. The maximum absolute atomic E-state index is 6.12. The molecular formula is C18H23N3O2S. The first-order chi connectivity index (χ1) is 11.9. The SMILES string of the molecule is c1ccc(CN2CCO[C@@H]3[C@H](COCc4nccs4)CC[C@@H]32)nc1. The third-order valence-corrected chi connectivity index (χ3v) is 5.72. The number of ether oxygens (including phenoxy) is 2. The van der Waals surface area contributed by atoms with Crippen molar-refractivity contribution in [2.45, 2.75) is 38.1 Å². The molecule has 3 heterocycles. The maximum Gasteiger partial charge on any atom is 0.118 e. The summed E-state index contributed by atoms with van der Waals surface area (Å²) in [4.78, 5) is 11.3. The summed E-state index contributed by atoms with van der Waals surface area (Å²) in [6, 6.07) is 6.63. The smallest absolute Gasteiger partial charge is 0.118 e. The number of pyridine rings is 1. The number of fused-ring (bicyclic) bond motifs is 1. The Bertz CT molecular complexity index is 622. The number of aromatic nitrogens is 2. The second kappa shape index (κ2) is 7.70. The largest absolute Gasteiger partial charge is 0.375 e. The quantitative estimate of drug-likeness (QED) is 0.806. The van der Waals surface area contributed by atoms with E-state index >= 15 is 0 Å². The lowest BCUT2D eigenvalue weighted by atomic mass is 10.0. The van der Waals surface area contributed by atoms with Gasteiger partial charge in [0.25, 0.3) is 0 Å². The van der Waals surface area contributed by atoms with E-state index < -0.39 is 0 Å². The fourth-order valence-electron chi connectivity index (χ4n) is 3.83. The molecule has 1 aliphatic heterocycles. The summed E-state index contributed by atoms with van der Waals surface area (Å²) in [6.45, 7) is 4.08. The van der Waals surface area contributed by atoms with Crippen molar-refractivity contribution < 1.29 is 9.47 Å². The number of thiazole rings is 1. The van der Waals surface area contributed by atoms with Gasteiger partial charge in [0.1, 0.15) is 5.01 Å². The van der Waals surface area contributed by atoms with Crippen LogP contribution in [-0.4, -0.2) is 46.8 Å². The van der Waals surface area contributed by atoms with Gasteiger partial charge in [0.05, 0.1) is 31.6 Å². The molecule has 0 bridgehead atoms. The lowest BCUT2D eigenvalue weighted by Crippen LogP contribution is -2.50. The van der Waals surface area contributed by atoms with E-state index in [-0.39, 0.29) is 0 Å². The number of nitrogens with zero attached hydrogens (tertiary/aromatic N) is 3. The summed E-state index contributed by atoms with van der Waals surface area (Å²) in [5.74, 6) is 0.487. The molecule has 4 rings (SSSR count). The third kappa shape index (κ3) is 3.67. The maximum atomic E-state index is 6.12. The molecule has 0 unspecified atom stereocenters. The van der Waals surface area contributed by atoms with Crippen LogP contribution in [0.3, 0.4) is 0 Å². The highest BCUT2D eigenvalue weighted by Gasteiger charge is 2.42. The van der Waals surface area contributed by atoms with Gasteiger partial charge >= 0.3 is 0 Å². The van der Waals surface area contributed by atoms with Crippen LogP contribution in [-0.2, 0) is 22.6 Å². The third-order valence-electron chi connectivity index (χ3n) is 4.97. The second-order valence-electron chi connectivity index (χ2n) is 6.47. The lowest BCUT2D eigenvalue weighted by molar-refractivity contribution is -0.0894. The average Bonchev–Trinajstić information content (AvgIpc) is 3.27. The molecule has 1 saturated heterocycles. The normalized spacial score (nSPS) is 27.2. The first kappa shape index (κ1) is 16.1. The Balaban J connectivity index is 1.32. The molecule has 0 amide bonds. The van der Waals surface area contributed by atoms with Crippen LogP contribution < -0.4 is 0 Å². The number of hydrogen-bond acceptors (Lipinski definition) is 6. The summed E-state index contributed by atoms with van der Waals surface area (Å²) in [7, 11) is 0. The molecule has 5 nitrogen and oxygen atoms in total. The average molecular weight is 345 g/mol. The van der Waals surface area contributed by atoms with Crippen LogP contribution in [0.15, 0.2) is 36.0 Å². The van der Waals surface area contributed by atoms with Crippen LogP contribution in [0.4, 0.5) is 0 Å². The summed E-state index contributed by atoms with van der Waals surface area (Å²) in [5.41, 5.74) is 1.14. The van der Waals surface area contributed by atoms with E-state index in [1.54, 1.807) is 11.3 Å². The van der Waals surface area contributed by atoms with Gasteiger partial charge in [-0.3, -0.25) is 9.88 Å². The molecule has 1 aliphatic carbocycles. The van der Waals surface area contributed by atoms with E-state index in [0.717, 1.165) is 37.0 Å². The standard InChI is InChI=1S/C18H23N3O2S/c1-2-6-19-15(3-1)11-21-8-9-23-18-14(4-5-16(18)21)12-22-13-17-20-7-10-24-17/h1-3,6-7,10,14,16,18H,4-5,8-9,11-13H2/t14-,16-,18+/m0/s1. The molecule has 128 valence electrons. The van der Waals surface area contributed by atoms with Crippen LogP contribution in [0.2, 0.25) is 0 Å². The number of hydrogen-bond donors (Lipinski definition) is 0. The Kier molecular flexibility index (Phi) is 5.18. The zero-order valence-corrected chi connectivity index (χ0v) is 14.5. The second-order valence-corrected chi connectivity index (χ2v) is 7.45. The Morgan fingerprint density at radius 1 is 1.25 bits per heavy atom. The van der Waals surface area contributed by atoms with Crippen molar-refractivity contribution in [3.8, 4) is 0 Å². The van der Waals surface area contributed by atoms with E-state index in [0.29, 0.717) is 24.7 Å². The van der Waals surface area contributed by atoms with Crippen molar-refractivity contribution in [2.75, 3.05) is 19.8 Å². The van der Waals surface area contributed by atoms with Crippen LogP contribution in [0.25, 0.3) is 0 Å². The molecule has 0 radical (unpaired) electrons. The molecule has 1 saturated carbocycles. The van der Waals surface area contributed by atoms with Crippen molar-refractivity contribution in [1.29, 1.82) is 0 Å². The van der Waals surface area contributed by atoms with E-state index in [1.807, 2.05) is 23.8 Å². The number of rotatable bonds is 6. The van der Waals surface area contributed by atoms with Crippen molar-refractivity contribution in [3.63, 3.8) is 0 Å². The monoisotopic (exact) mass is 345 g/mol. The lowest BCUT2D eigenvalue weighted by Gasteiger charge is -2.39. The Morgan fingerprint density at radius 2 is 2.25 bits per heavy atom. The molecule has 24 heavy (non-hydrogen) atoms. The first-order valence-corrected chi connectivity index (χ1v) is 9.50. The highest BCUT2D eigenvalue weighted by atomic mass is 32.1. The Labute approximate surface area is 146 Å². The van der Waals surface area contributed by atoms with Crippen LogP contribution in [0, 0.1) is 5.92 Å². The molecule has 6 heteroatoms. The van der Waals surface area contributed by atoms with Gasteiger partial charge in [0.15, 0.2) is 0 Å². The summed E-state index contributed by atoms with van der Waals surface area (Å²) in [5, 5.41) is 3.04. The topological polar surface area (TPSA) is 47.5 Å². The predicted octanol–water partition coefficient (Wildman–Crippen LogP) is 2.73. The number of morpholine rings is 1. The highest BCUT2D eigenvalue weighted by molar-refractivity contribution is 7.09. The molecule has 0 N–H and O–H groups in total. The molecule has 0 aromatic carbocycles. The van der Waals surface area contributed by atoms with Gasteiger partial charge in [0.2, 0.25) is 0 Å². The molecular weight excluding hydrogens is 322 g/mol. The molecule has 2 aliphatic rings. The van der Waals surface area contributed by atoms with Gasteiger partial charge in [-0.05, 0) is 25.0 Å². The summed E-state index contributed by atoms with van der Waals surface area (Å²) in [6.07, 6.45) is 6.35. The Morgan fingerprint density at radius 3 is 3.08 bits per heavy atom. The zero-order valence-electron chi connectivity index (χ0n) is 13.7. The molecule has 0 spiro atoms. The van der Waals surface area contributed by atoms with Crippen molar-refractivity contribution in [3.05, 3.63) is 46.7 Å². The minimum absolute atomic E-state index is 0.291. The summed E-state index contributed by atoms with van der Waals surface area (Å²) < 4.78 is 12.0. The van der Waals surface area contributed by atoms with Crippen molar-refractivity contribution in [2.24, 2.45) is 5.92 Å². The van der Waals surface area contributed by atoms with Gasteiger partial charge in [-0.1, -0.05) is 6.07 Å². The van der Waals surface area contributed by atoms with Crippen LogP contribution in [0.1, 0.15) is 23.5 Å². The van der Waals surface area contributed by atoms with Gasteiger partial charge < -0.3 is 9.47 Å². The van der Waals surface area contributed by atoms with E-state index in [1.165, 1.54) is 12.8 Å². The van der Waals surface area contributed by atoms with E-state index in [9.17, 15) is 0 Å². The highest BCUT2D eigenvalue weighted by Crippen LogP contribution is 2.35. The fraction of sp³-hybridized carbons (Fsp3) is 0.556. The zero-order chi connectivity index (χ0) is 16.2. The van der Waals surface area contributed by atoms with Gasteiger partial charge in [0, 0.05) is 42.8 Å². The van der Waals surface area contributed by atoms with Crippen molar-refractivity contribution >= 4 is 11.3 Å². The molecule has 2 aromatic heterocycles. The first-order valence-electron chi connectivity index (χ1n) is 8.62. The fourth-order valence-corrected chi connectivity index (χ4v) is 4.38. The van der Waals surface area contributed by atoms with E-state index in [2.05, 4.69) is 27.0 Å². The van der Waals surface area contributed by atoms with Crippen LogP contribution in [0.5, 0.6) is 0 Å². The minimum Gasteiger partial charge on any atom is -0.375 e. The van der Waals surface area contributed by atoms with Crippen molar-refractivity contribution in [1.82, 2.24) is 14.9 Å². The van der Waals surface area contributed by atoms with Gasteiger partial charge in [-0.25, -0.2) is 4.98 Å². The Hall–Kier alpha value is -1.34. The van der Waals surface area contributed by atoms with Gasteiger partial charge in [-0.2, -0.15) is 0 Å². The summed E-state index contributed by atoms with van der Waals surface area (Å²) >= 11 is 1.65. The van der Waals surface area contributed by atoms with E-state index in [4.69, 9.17) is 9.47 Å².